The number of carboxylic acids is 1. The summed E-state index contributed by atoms with van der Waals surface area (Å²) < 4.78 is 5.60. The van der Waals surface area contributed by atoms with E-state index in [1.807, 2.05) is 0 Å². The molecule has 17 heavy (non-hydrogen) atoms. The summed E-state index contributed by atoms with van der Waals surface area (Å²) in [6.45, 7) is 0.599. The third-order valence-electron chi connectivity index (χ3n) is 3.12. The summed E-state index contributed by atoms with van der Waals surface area (Å²) in [5.74, 6) is -0.0324. The maximum Gasteiger partial charge on any atom is 0.339 e. The number of halogens is 1. The fourth-order valence-electron chi connectivity index (χ4n) is 2.18. The summed E-state index contributed by atoms with van der Waals surface area (Å²) in [5, 5.41) is 9.46. The molecule has 0 spiro atoms. The van der Waals surface area contributed by atoms with E-state index in [2.05, 4.69) is 0 Å². The van der Waals surface area contributed by atoms with Gasteiger partial charge in [-0.05, 0) is 37.0 Å². The Balaban J connectivity index is 2.06. The number of hydrogen-bond acceptors (Lipinski definition) is 2. The van der Waals surface area contributed by atoms with Crippen LogP contribution < -0.4 is 4.74 Å². The molecule has 1 aromatic carbocycles. The number of benzene rings is 1. The Bertz CT molecular complexity index is 411. The van der Waals surface area contributed by atoms with E-state index in [0.29, 0.717) is 23.3 Å². The van der Waals surface area contributed by atoms with Crippen molar-refractivity contribution in [3.05, 3.63) is 28.8 Å². The fraction of sp³-hybridized carbons (Fsp3) is 0.462. The second-order valence-corrected chi connectivity index (χ2v) is 4.84. The van der Waals surface area contributed by atoms with Crippen molar-refractivity contribution in [2.75, 3.05) is 6.61 Å². The topological polar surface area (TPSA) is 46.5 Å². The fourth-order valence-corrected chi connectivity index (χ4v) is 2.35. The van der Waals surface area contributed by atoms with Crippen LogP contribution in [-0.2, 0) is 0 Å². The first kappa shape index (κ1) is 12.2. The van der Waals surface area contributed by atoms with Crippen LogP contribution in [0.25, 0.3) is 0 Å². The molecule has 1 aromatic rings. The zero-order valence-electron chi connectivity index (χ0n) is 9.49. The molecule has 1 saturated carbocycles. The van der Waals surface area contributed by atoms with E-state index in [4.69, 9.17) is 21.4 Å². The summed E-state index contributed by atoms with van der Waals surface area (Å²) >= 11 is 5.77. The van der Waals surface area contributed by atoms with E-state index < -0.39 is 5.97 Å². The van der Waals surface area contributed by atoms with Crippen molar-refractivity contribution >= 4 is 17.6 Å². The molecular weight excluding hydrogens is 240 g/mol. The third-order valence-corrected chi connectivity index (χ3v) is 3.36. The summed E-state index contributed by atoms with van der Waals surface area (Å²) in [6, 6.07) is 4.70. The molecule has 0 unspecified atom stereocenters. The Morgan fingerprint density at radius 2 is 2.12 bits per heavy atom. The van der Waals surface area contributed by atoms with Crippen LogP contribution >= 0.6 is 11.6 Å². The van der Waals surface area contributed by atoms with E-state index in [9.17, 15) is 4.79 Å². The molecule has 0 atom stereocenters. The minimum Gasteiger partial charge on any atom is -0.492 e. The van der Waals surface area contributed by atoms with Crippen molar-refractivity contribution in [1.82, 2.24) is 0 Å². The van der Waals surface area contributed by atoms with Gasteiger partial charge in [-0.1, -0.05) is 24.4 Å². The molecule has 0 aliphatic heterocycles. The van der Waals surface area contributed by atoms with Crippen LogP contribution in [0.4, 0.5) is 0 Å². The molecule has 0 heterocycles. The van der Waals surface area contributed by atoms with Crippen molar-refractivity contribution in [3.63, 3.8) is 0 Å². The second kappa shape index (κ2) is 5.41. The van der Waals surface area contributed by atoms with Gasteiger partial charge in [-0.15, -0.1) is 0 Å². The first-order chi connectivity index (χ1) is 8.16. The number of ether oxygens (including phenoxy) is 1. The molecular formula is C13H15ClO3. The molecule has 92 valence electrons. The monoisotopic (exact) mass is 254 g/mol. The highest BCUT2D eigenvalue weighted by Crippen LogP contribution is 2.28. The standard InChI is InChI=1S/C13H15ClO3/c14-10-5-6-12(11(7-10)13(15)16)17-8-9-3-1-2-4-9/h5-7,9H,1-4,8H2,(H,15,16). The van der Waals surface area contributed by atoms with Crippen molar-refractivity contribution in [3.8, 4) is 5.75 Å². The van der Waals surface area contributed by atoms with Crippen LogP contribution in [0.1, 0.15) is 36.0 Å². The minimum absolute atomic E-state index is 0.135. The predicted molar refractivity (Wildman–Crippen MR) is 65.9 cm³/mol. The lowest BCUT2D eigenvalue weighted by molar-refractivity contribution is 0.0691. The number of carboxylic acid groups (broad SMARTS) is 1. The van der Waals surface area contributed by atoms with Gasteiger partial charge < -0.3 is 9.84 Å². The minimum atomic E-state index is -1.01. The summed E-state index contributed by atoms with van der Waals surface area (Å²) in [6.07, 6.45) is 4.85. The molecule has 0 radical (unpaired) electrons. The maximum atomic E-state index is 11.0. The molecule has 0 amide bonds. The van der Waals surface area contributed by atoms with Crippen molar-refractivity contribution in [2.24, 2.45) is 5.92 Å². The zero-order chi connectivity index (χ0) is 12.3. The van der Waals surface area contributed by atoms with E-state index in [-0.39, 0.29) is 5.56 Å². The van der Waals surface area contributed by atoms with Crippen LogP contribution in [0.5, 0.6) is 5.75 Å². The Morgan fingerprint density at radius 3 is 2.76 bits per heavy atom. The molecule has 1 fully saturated rings. The lowest BCUT2D eigenvalue weighted by Gasteiger charge is -2.13. The quantitative estimate of drug-likeness (QED) is 0.893. The first-order valence-electron chi connectivity index (χ1n) is 5.82. The molecule has 0 bridgehead atoms. The van der Waals surface area contributed by atoms with Gasteiger partial charge in [0, 0.05) is 5.02 Å². The highest BCUT2D eigenvalue weighted by molar-refractivity contribution is 6.31. The van der Waals surface area contributed by atoms with Crippen LogP contribution in [0.2, 0.25) is 5.02 Å². The Morgan fingerprint density at radius 1 is 1.41 bits per heavy atom. The SMILES string of the molecule is O=C(O)c1cc(Cl)ccc1OCC1CCCC1. The molecule has 0 saturated heterocycles. The number of hydrogen-bond donors (Lipinski definition) is 1. The van der Waals surface area contributed by atoms with Gasteiger partial charge in [-0.3, -0.25) is 0 Å². The van der Waals surface area contributed by atoms with Crippen LogP contribution in [0, 0.1) is 5.92 Å². The largest absolute Gasteiger partial charge is 0.492 e. The number of carbonyl (C=O) groups is 1. The maximum absolute atomic E-state index is 11.0. The third kappa shape index (κ3) is 3.13. The van der Waals surface area contributed by atoms with Crippen LogP contribution in [0.3, 0.4) is 0 Å². The molecule has 1 aliphatic carbocycles. The van der Waals surface area contributed by atoms with Crippen LogP contribution in [0.15, 0.2) is 18.2 Å². The van der Waals surface area contributed by atoms with Gasteiger partial charge in [-0.2, -0.15) is 0 Å². The lowest BCUT2D eigenvalue weighted by atomic mass is 10.1. The van der Waals surface area contributed by atoms with Crippen molar-refractivity contribution in [2.45, 2.75) is 25.7 Å². The second-order valence-electron chi connectivity index (χ2n) is 4.41. The van der Waals surface area contributed by atoms with E-state index >= 15 is 0 Å². The van der Waals surface area contributed by atoms with E-state index in [1.54, 1.807) is 12.1 Å². The van der Waals surface area contributed by atoms with Gasteiger partial charge in [0.05, 0.1) is 6.61 Å². The molecule has 2 rings (SSSR count). The average molecular weight is 255 g/mol. The molecule has 3 nitrogen and oxygen atoms in total. The average Bonchev–Trinajstić information content (AvgIpc) is 2.80. The zero-order valence-corrected chi connectivity index (χ0v) is 10.2. The smallest absolute Gasteiger partial charge is 0.339 e. The van der Waals surface area contributed by atoms with Crippen molar-refractivity contribution in [1.29, 1.82) is 0 Å². The van der Waals surface area contributed by atoms with Gasteiger partial charge in [0.2, 0.25) is 0 Å². The Hall–Kier alpha value is -1.22. The van der Waals surface area contributed by atoms with Gasteiger partial charge in [0.25, 0.3) is 0 Å². The van der Waals surface area contributed by atoms with Crippen LogP contribution in [-0.4, -0.2) is 17.7 Å². The summed E-state index contributed by atoms with van der Waals surface area (Å²) in [7, 11) is 0. The Kier molecular flexibility index (Phi) is 3.89. The predicted octanol–water partition coefficient (Wildman–Crippen LogP) is 3.61. The van der Waals surface area contributed by atoms with Crippen molar-refractivity contribution < 1.29 is 14.6 Å². The van der Waals surface area contributed by atoms with Gasteiger partial charge in [0.15, 0.2) is 0 Å². The summed E-state index contributed by atoms with van der Waals surface area (Å²) in [4.78, 5) is 11.0. The number of aromatic carboxylic acids is 1. The van der Waals surface area contributed by atoms with Gasteiger partial charge >= 0.3 is 5.97 Å². The van der Waals surface area contributed by atoms with Gasteiger partial charge in [0.1, 0.15) is 11.3 Å². The first-order valence-corrected chi connectivity index (χ1v) is 6.20. The normalized spacial score (nSPS) is 16.1. The molecule has 1 aliphatic rings. The highest BCUT2D eigenvalue weighted by Gasteiger charge is 2.17. The van der Waals surface area contributed by atoms with E-state index in [1.165, 1.54) is 31.7 Å². The molecule has 1 N–H and O–H groups in total. The van der Waals surface area contributed by atoms with E-state index in [0.717, 1.165) is 0 Å². The molecule has 0 aromatic heterocycles. The molecule has 4 heteroatoms. The lowest BCUT2D eigenvalue weighted by Crippen LogP contribution is -2.10. The Labute approximate surface area is 105 Å². The summed E-state index contributed by atoms with van der Waals surface area (Å²) in [5.41, 5.74) is 0.135. The highest BCUT2D eigenvalue weighted by atomic mass is 35.5. The van der Waals surface area contributed by atoms with Gasteiger partial charge in [-0.25, -0.2) is 4.79 Å². The number of rotatable bonds is 4.